The summed E-state index contributed by atoms with van der Waals surface area (Å²) in [6, 6.07) is 8.99. The van der Waals surface area contributed by atoms with Crippen LogP contribution < -0.4 is 0 Å². The molecule has 1 aliphatic heterocycles. The second-order valence-electron chi connectivity index (χ2n) is 6.38. The average molecular weight is 332 g/mol. The summed E-state index contributed by atoms with van der Waals surface area (Å²) < 4.78 is 33.3. The molecule has 1 saturated carbocycles. The number of sulfonamides is 1. The van der Waals surface area contributed by atoms with Gasteiger partial charge in [-0.1, -0.05) is 18.2 Å². The summed E-state index contributed by atoms with van der Waals surface area (Å²) in [6.45, 7) is 1.73. The van der Waals surface area contributed by atoms with Crippen molar-refractivity contribution < 1.29 is 13.2 Å². The molecule has 0 amide bonds. The highest BCUT2D eigenvalue weighted by Gasteiger charge is 2.35. The Morgan fingerprint density at radius 2 is 2.00 bits per heavy atom. The molecule has 1 unspecified atom stereocenters. The molecule has 6 heteroatoms. The van der Waals surface area contributed by atoms with Crippen molar-refractivity contribution in [1.29, 1.82) is 0 Å². The SMILES string of the molecule is O=S(=O)(c1cccc2cccnc12)N1CCC(OCC2CC2)C1. The topological polar surface area (TPSA) is 59.5 Å². The van der Waals surface area contributed by atoms with Crippen LogP contribution in [0.1, 0.15) is 19.3 Å². The molecule has 1 aromatic carbocycles. The van der Waals surface area contributed by atoms with Crippen LogP contribution in [0.5, 0.6) is 0 Å². The largest absolute Gasteiger partial charge is 0.377 e. The Balaban J connectivity index is 1.57. The van der Waals surface area contributed by atoms with Gasteiger partial charge in [0.05, 0.1) is 11.6 Å². The van der Waals surface area contributed by atoms with E-state index in [0.29, 0.717) is 29.4 Å². The fourth-order valence-corrected chi connectivity index (χ4v) is 4.68. The van der Waals surface area contributed by atoms with E-state index in [1.54, 1.807) is 18.3 Å². The maximum atomic E-state index is 13.0. The summed E-state index contributed by atoms with van der Waals surface area (Å²) in [5.74, 6) is 0.697. The molecule has 0 radical (unpaired) electrons. The molecule has 0 bridgehead atoms. The van der Waals surface area contributed by atoms with Gasteiger partial charge in [0.2, 0.25) is 10.0 Å². The van der Waals surface area contributed by atoms with E-state index in [0.717, 1.165) is 18.4 Å². The van der Waals surface area contributed by atoms with E-state index in [1.807, 2.05) is 18.2 Å². The molecule has 2 aliphatic rings. The summed E-state index contributed by atoms with van der Waals surface area (Å²) in [5, 5.41) is 0.842. The first kappa shape index (κ1) is 15.1. The lowest BCUT2D eigenvalue weighted by Crippen LogP contribution is -2.30. The summed E-state index contributed by atoms with van der Waals surface area (Å²) in [6.07, 6.45) is 4.91. The molecular weight excluding hydrogens is 312 g/mol. The third-order valence-electron chi connectivity index (χ3n) is 4.59. The summed E-state index contributed by atoms with van der Waals surface area (Å²) in [7, 11) is -3.53. The van der Waals surface area contributed by atoms with E-state index in [1.165, 1.54) is 17.1 Å². The molecule has 23 heavy (non-hydrogen) atoms. The number of hydrogen-bond donors (Lipinski definition) is 0. The van der Waals surface area contributed by atoms with Gasteiger partial charge in [-0.05, 0) is 37.3 Å². The maximum Gasteiger partial charge on any atom is 0.245 e. The van der Waals surface area contributed by atoms with Crippen LogP contribution >= 0.6 is 0 Å². The highest BCUT2D eigenvalue weighted by molar-refractivity contribution is 7.89. The third kappa shape index (κ3) is 2.98. The summed E-state index contributed by atoms with van der Waals surface area (Å²) >= 11 is 0. The summed E-state index contributed by atoms with van der Waals surface area (Å²) in [4.78, 5) is 4.56. The van der Waals surface area contributed by atoms with E-state index < -0.39 is 10.0 Å². The quantitative estimate of drug-likeness (QED) is 0.844. The fraction of sp³-hybridized carbons (Fsp3) is 0.471. The smallest absolute Gasteiger partial charge is 0.245 e. The van der Waals surface area contributed by atoms with Crippen molar-refractivity contribution in [2.75, 3.05) is 19.7 Å². The average Bonchev–Trinajstić information content (AvgIpc) is 3.27. The Bertz CT molecular complexity index is 812. The highest BCUT2D eigenvalue weighted by Crippen LogP contribution is 2.31. The molecule has 1 aromatic heterocycles. The zero-order chi connectivity index (χ0) is 15.9. The standard InChI is InChI=1S/C17H20N2O3S/c20-23(21,16-5-1-3-14-4-2-9-18-17(14)16)19-10-8-15(11-19)22-12-13-6-7-13/h1-5,9,13,15H,6-8,10-12H2. The van der Waals surface area contributed by atoms with Gasteiger partial charge in [0.15, 0.2) is 0 Å². The number of hydrogen-bond acceptors (Lipinski definition) is 4. The zero-order valence-electron chi connectivity index (χ0n) is 12.9. The van der Waals surface area contributed by atoms with Crippen LogP contribution in [0.4, 0.5) is 0 Å². The van der Waals surface area contributed by atoms with Crippen molar-refractivity contribution in [3.63, 3.8) is 0 Å². The Labute approximate surface area is 136 Å². The second kappa shape index (κ2) is 5.85. The first-order chi connectivity index (χ1) is 11.1. The minimum Gasteiger partial charge on any atom is -0.377 e. The first-order valence-corrected chi connectivity index (χ1v) is 9.54. The van der Waals surface area contributed by atoms with E-state index in [2.05, 4.69) is 4.98 Å². The molecule has 0 N–H and O–H groups in total. The van der Waals surface area contributed by atoms with Gasteiger partial charge >= 0.3 is 0 Å². The van der Waals surface area contributed by atoms with E-state index >= 15 is 0 Å². The van der Waals surface area contributed by atoms with Gasteiger partial charge in [-0.2, -0.15) is 4.31 Å². The number of pyridine rings is 1. The van der Waals surface area contributed by atoms with Gasteiger partial charge in [-0.3, -0.25) is 4.98 Å². The number of para-hydroxylation sites is 1. The number of ether oxygens (including phenoxy) is 1. The molecule has 2 fully saturated rings. The van der Waals surface area contributed by atoms with Gasteiger partial charge < -0.3 is 4.74 Å². The number of fused-ring (bicyclic) bond motifs is 1. The predicted molar refractivity (Wildman–Crippen MR) is 87.6 cm³/mol. The van der Waals surface area contributed by atoms with Crippen LogP contribution in [0.25, 0.3) is 10.9 Å². The highest BCUT2D eigenvalue weighted by atomic mass is 32.2. The second-order valence-corrected chi connectivity index (χ2v) is 8.29. The van der Waals surface area contributed by atoms with Crippen molar-refractivity contribution in [3.8, 4) is 0 Å². The van der Waals surface area contributed by atoms with Crippen molar-refractivity contribution in [2.45, 2.75) is 30.3 Å². The maximum absolute atomic E-state index is 13.0. The lowest BCUT2D eigenvalue weighted by molar-refractivity contribution is 0.0561. The molecule has 1 saturated heterocycles. The van der Waals surface area contributed by atoms with E-state index in [-0.39, 0.29) is 6.10 Å². The third-order valence-corrected chi connectivity index (χ3v) is 6.48. The van der Waals surface area contributed by atoms with Gasteiger partial charge in [-0.25, -0.2) is 8.42 Å². The summed E-state index contributed by atoms with van der Waals surface area (Å²) in [5.41, 5.74) is 0.539. The molecule has 4 rings (SSSR count). The van der Waals surface area contributed by atoms with Crippen LogP contribution in [-0.4, -0.2) is 43.5 Å². The van der Waals surface area contributed by atoms with Gasteiger partial charge in [0.1, 0.15) is 4.90 Å². The van der Waals surface area contributed by atoms with Crippen molar-refractivity contribution >= 4 is 20.9 Å². The van der Waals surface area contributed by atoms with Crippen molar-refractivity contribution in [1.82, 2.24) is 9.29 Å². The fourth-order valence-electron chi connectivity index (χ4n) is 3.03. The lowest BCUT2D eigenvalue weighted by Gasteiger charge is -2.17. The van der Waals surface area contributed by atoms with Crippen LogP contribution in [0, 0.1) is 5.92 Å². The molecule has 2 aromatic rings. The van der Waals surface area contributed by atoms with Crippen molar-refractivity contribution in [3.05, 3.63) is 36.5 Å². The Morgan fingerprint density at radius 1 is 1.17 bits per heavy atom. The first-order valence-electron chi connectivity index (χ1n) is 8.10. The molecular formula is C17H20N2O3S. The molecule has 0 spiro atoms. The number of rotatable bonds is 5. The minimum absolute atomic E-state index is 0.0216. The normalized spacial score (nSPS) is 22.7. The monoisotopic (exact) mass is 332 g/mol. The van der Waals surface area contributed by atoms with Crippen LogP contribution in [0.2, 0.25) is 0 Å². The van der Waals surface area contributed by atoms with E-state index in [4.69, 9.17) is 4.74 Å². The Hall–Kier alpha value is -1.50. The zero-order valence-corrected chi connectivity index (χ0v) is 13.7. The molecule has 2 heterocycles. The molecule has 1 atom stereocenters. The number of nitrogens with zero attached hydrogens (tertiary/aromatic N) is 2. The van der Waals surface area contributed by atoms with Crippen molar-refractivity contribution in [2.24, 2.45) is 5.92 Å². The molecule has 5 nitrogen and oxygen atoms in total. The van der Waals surface area contributed by atoms with Crippen LogP contribution in [0.15, 0.2) is 41.4 Å². The Kier molecular flexibility index (Phi) is 3.83. The lowest BCUT2D eigenvalue weighted by atomic mass is 10.2. The van der Waals surface area contributed by atoms with Gasteiger partial charge in [0, 0.05) is 31.3 Å². The predicted octanol–water partition coefficient (Wildman–Crippen LogP) is 2.42. The number of aromatic nitrogens is 1. The Morgan fingerprint density at radius 3 is 2.83 bits per heavy atom. The van der Waals surface area contributed by atoms with Gasteiger partial charge in [-0.15, -0.1) is 0 Å². The van der Waals surface area contributed by atoms with Gasteiger partial charge in [0.25, 0.3) is 0 Å². The molecule has 1 aliphatic carbocycles. The van der Waals surface area contributed by atoms with E-state index in [9.17, 15) is 8.42 Å². The van der Waals surface area contributed by atoms with Crippen LogP contribution in [-0.2, 0) is 14.8 Å². The number of benzene rings is 1. The van der Waals surface area contributed by atoms with Crippen LogP contribution in [0.3, 0.4) is 0 Å². The molecule has 122 valence electrons. The minimum atomic E-state index is -3.53.